The van der Waals surface area contributed by atoms with Crippen LogP contribution in [0, 0.1) is 0 Å². The van der Waals surface area contributed by atoms with Gasteiger partial charge in [0, 0.05) is 0 Å². The van der Waals surface area contributed by atoms with Gasteiger partial charge in [0.1, 0.15) is 5.69 Å². The number of aromatic hydroxyl groups is 1. The van der Waals surface area contributed by atoms with Crippen LogP contribution >= 0.6 is 0 Å². The van der Waals surface area contributed by atoms with E-state index in [9.17, 15) is 4.79 Å². The van der Waals surface area contributed by atoms with Gasteiger partial charge in [-0.2, -0.15) is 4.98 Å². The number of nitrogen functional groups attached to an aromatic ring is 1. The Hall–Kier alpha value is -1.85. The van der Waals surface area contributed by atoms with Gasteiger partial charge < -0.3 is 10.8 Å². The summed E-state index contributed by atoms with van der Waals surface area (Å²) in [5.74, 6) is -0.323. The van der Waals surface area contributed by atoms with Crippen molar-refractivity contribution >= 4 is 18.0 Å². The number of carbonyl (C=O) groups excluding carboxylic acids is 1. The lowest BCUT2D eigenvalue weighted by Crippen LogP contribution is -2.00. The molecule has 1 heterocycles. The van der Waals surface area contributed by atoms with Gasteiger partial charge in [-0.15, -0.1) is 0 Å². The predicted molar refractivity (Wildman–Crippen MR) is 37.8 cm³/mol. The van der Waals surface area contributed by atoms with E-state index in [1.807, 2.05) is 0 Å². The number of nitrogens with one attached hydrogen (secondary N) is 1. The summed E-state index contributed by atoms with van der Waals surface area (Å²) in [5, 5.41) is 11.1. The van der Waals surface area contributed by atoms with Crippen molar-refractivity contribution in [1.29, 1.82) is 0 Å². The first-order chi connectivity index (χ1) is 5.24. The number of nitrogens with zero attached hydrogens (tertiary/aromatic N) is 2. The number of rotatable bonds is 2. The van der Waals surface area contributed by atoms with Crippen LogP contribution < -0.4 is 11.1 Å². The molecule has 58 valence electrons. The molecule has 6 heteroatoms. The van der Waals surface area contributed by atoms with Crippen molar-refractivity contribution in [2.75, 3.05) is 11.1 Å². The van der Waals surface area contributed by atoms with Crippen molar-refractivity contribution in [3.63, 3.8) is 0 Å². The molecule has 0 radical (unpaired) electrons. The Kier molecular flexibility index (Phi) is 1.86. The van der Waals surface area contributed by atoms with Crippen LogP contribution in [0.4, 0.5) is 11.6 Å². The zero-order chi connectivity index (χ0) is 8.27. The zero-order valence-corrected chi connectivity index (χ0v) is 5.48. The van der Waals surface area contributed by atoms with Crippen molar-refractivity contribution in [2.45, 2.75) is 0 Å². The molecule has 1 aromatic rings. The number of aromatic nitrogens is 2. The van der Waals surface area contributed by atoms with Gasteiger partial charge in [-0.05, 0) is 0 Å². The fourth-order valence-corrected chi connectivity index (χ4v) is 0.504. The van der Waals surface area contributed by atoms with Gasteiger partial charge >= 0.3 is 0 Å². The molecule has 0 bridgehead atoms. The van der Waals surface area contributed by atoms with Crippen LogP contribution in [0.5, 0.6) is 5.88 Å². The van der Waals surface area contributed by atoms with E-state index >= 15 is 0 Å². The summed E-state index contributed by atoms with van der Waals surface area (Å²) in [5.41, 5.74) is 5.26. The first kappa shape index (κ1) is 7.26. The highest BCUT2D eigenvalue weighted by atomic mass is 16.3. The topological polar surface area (TPSA) is 101 Å². The van der Waals surface area contributed by atoms with E-state index in [4.69, 9.17) is 10.8 Å². The molecular formula is C5H6N4O2. The van der Waals surface area contributed by atoms with Crippen LogP contribution in [0.3, 0.4) is 0 Å². The first-order valence-corrected chi connectivity index (χ1v) is 2.75. The molecule has 0 aliphatic heterocycles. The standard InChI is InChI=1S/C5H6N4O2/c6-3-1-7-5(8-2-10)9-4(3)11/h1-2H,6H2,(H2,7,8,9,10,11). The first-order valence-electron chi connectivity index (χ1n) is 2.75. The van der Waals surface area contributed by atoms with Gasteiger partial charge in [0.15, 0.2) is 0 Å². The van der Waals surface area contributed by atoms with E-state index in [2.05, 4.69) is 15.3 Å². The molecule has 4 N–H and O–H groups in total. The second-order valence-corrected chi connectivity index (χ2v) is 1.73. The fourth-order valence-electron chi connectivity index (χ4n) is 0.504. The largest absolute Gasteiger partial charge is 0.492 e. The van der Waals surface area contributed by atoms with Gasteiger partial charge in [0.05, 0.1) is 6.20 Å². The summed E-state index contributed by atoms with van der Waals surface area (Å²) in [6.45, 7) is 0. The molecule has 0 atom stereocenters. The molecular weight excluding hydrogens is 148 g/mol. The van der Waals surface area contributed by atoms with Crippen LogP contribution in [0.2, 0.25) is 0 Å². The fraction of sp³-hybridized carbons (Fsp3) is 0. The molecule has 6 nitrogen and oxygen atoms in total. The molecule has 0 saturated carbocycles. The zero-order valence-electron chi connectivity index (χ0n) is 5.48. The van der Waals surface area contributed by atoms with Gasteiger partial charge in [-0.1, -0.05) is 0 Å². The van der Waals surface area contributed by atoms with E-state index in [1.165, 1.54) is 6.20 Å². The number of nitrogens with two attached hydrogens (primary N) is 1. The average Bonchev–Trinajstić information content (AvgIpc) is 1.98. The number of anilines is 2. The van der Waals surface area contributed by atoms with Crippen LogP contribution in [0.1, 0.15) is 0 Å². The highest BCUT2D eigenvalue weighted by Crippen LogP contribution is 2.15. The highest BCUT2D eigenvalue weighted by Gasteiger charge is 1.99. The van der Waals surface area contributed by atoms with Gasteiger partial charge in [-0.3, -0.25) is 10.1 Å². The second-order valence-electron chi connectivity index (χ2n) is 1.73. The SMILES string of the molecule is Nc1cnc(NC=O)nc1O. The summed E-state index contributed by atoms with van der Waals surface area (Å²) in [6.07, 6.45) is 1.61. The third kappa shape index (κ3) is 1.54. The third-order valence-corrected chi connectivity index (χ3v) is 0.984. The van der Waals surface area contributed by atoms with Crippen molar-refractivity contribution in [1.82, 2.24) is 9.97 Å². The quantitative estimate of drug-likeness (QED) is 0.490. The summed E-state index contributed by atoms with van der Waals surface area (Å²) < 4.78 is 0. The second kappa shape index (κ2) is 2.82. The Morgan fingerprint density at radius 1 is 1.73 bits per heavy atom. The normalized spacial score (nSPS) is 9.09. The minimum absolute atomic E-state index is 0.0201. The Balaban J connectivity index is 2.95. The lowest BCUT2D eigenvalue weighted by atomic mass is 10.5. The van der Waals surface area contributed by atoms with Crippen molar-refractivity contribution < 1.29 is 9.90 Å². The maximum Gasteiger partial charge on any atom is 0.239 e. The summed E-state index contributed by atoms with van der Waals surface area (Å²) in [7, 11) is 0. The van der Waals surface area contributed by atoms with Gasteiger partial charge in [0.25, 0.3) is 0 Å². The number of amides is 1. The van der Waals surface area contributed by atoms with Crippen LogP contribution in [-0.2, 0) is 4.79 Å². The molecule has 0 spiro atoms. The minimum atomic E-state index is -0.343. The van der Waals surface area contributed by atoms with Crippen LogP contribution in [-0.4, -0.2) is 21.5 Å². The maximum absolute atomic E-state index is 9.87. The highest BCUT2D eigenvalue weighted by molar-refractivity contribution is 5.67. The minimum Gasteiger partial charge on any atom is -0.492 e. The average molecular weight is 154 g/mol. The van der Waals surface area contributed by atoms with Crippen LogP contribution in [0.25, 0.3) is 0 Å². The molecule has 1 aromatic heterocycles. The van der Waals surface area contributed by atoms with Crippen molar-refractivity contribution in [2.24, 2.45) is 0 Å². The lowest BCUT2D eigenvalue weighted by Gasteiger charge is -1.98. The third-order valence-electron chi connectivity index (χ3n) is 0.984. The Labute approximate surface area is 62.1 Å². The number of hydrogen-bond acceptors (Lipinski definition) is 5. The van der Waals surface area contributed by atoms with Crippen LogP contribution in [0.15, 0.2) is 6.20 Å². The monoisotopic (exact) mass is 154 g/mol. The predicted octanol–water partition coefficient (Wildman–Crippen LogP) is -0.667. The number of hydrogen-bond donors (Lipinski definition) is 3. The summed E-state index contributed by atoms with van der Waals surface area (Å²) >= 11 is 0. The molecule has 11 heavy (non-hydrogen) atoms. The van der Waals surface area contributed by atoms with E-state index in [1.54, 1.807) is 0 Å². The summed E-state index contributed by atoms with van der Waals surface area (Å²) in [4.78, 5) is 16.9. The Morgan fingerprint density at radius 2 is 2.45 bits per heavy atom. The van der Waals surface area contributed by atoms with Crippen molar-refractivity contribution in [3.8, 4) is 5.88 Å². The van der Waals surface area contributed by atoms with Crippen molar-refractivity contribution in [3.05, 3.63) is 6.20 Å². The van der Waals surface area contributed by atoms with Gasteiger partial charge in [0.2, 0.25) is 18.2 Å². The maximum atomic E-state index is 9.87. The molecule has 0 unspecified atom stereocenters. The molecule has 1 amide bonds. The summed E-state index contributed by atoms with van der Waals surface area (Å²) in [6, 6.07) is 0. The molecule has 0 saturated heterocycles. The molecule has 0 aliphatic rings. The molecule has 0 fully saturated rings. The molecule has 0 aromatic carbocycles. The Bertz CT molecular complexity index is 275. The lowest BCUT2D eigenvalue weighted by molar-refractivity contribution is -0.105. The molecule has 1 rings (SSSR count). The van der Waals surface area contributed by atoms with E-state index in [-0.39, 0.29) is 17.5 Å². The van der Waals surface area contributed by atoms with Gasteiger partial charge in [-0.25, -0.2) is 4.98 Å². The number of carbonyl (C=O) groups is 1. The molecule has 0 aliphatic carbocycles. The van der Waals surface area contributed by atoms with E-state index < -0.39 is 0 Å². The van der Waals surface area contributed by atoms with E-state index in [0.717, 1.165) is 0 Å². The Morgan fingerprint density at radius 3 is 3.00 bits per heavy atom. The smallest absolute Gasteiger partial charge is 0.239 e. The van der Waals surface area contributed by atoms with E-state index in [0.29, 0.717) is 6.41 Å².